The average molecular weight is 350 g/mol. The van der Waals surface area contributed by atoms with Crippen LogP contribution >= 0.6 is 0 Å². The van der Waals surface area contributed by atoms with Gasteiger partial charge in [-0.1, -0.05) is 0 Å². The van der Waals surface area contributed by atoms with Crippen LogP contribution in [-0.2, 0) is 0 Å². The molecular weight excluding hydrogens is 320 g/mol. The van der Waals surface area contributed by atoms with Gasteiger partial charge in [-0.05, 0) is 0 Å². The van der Waals surface area contributed by atoms with E-state index in [4.69, 9.17) is 0 Å². The van der Waals surface area contributed by atoms with Crippen LogP contribution in [0.5, 0.6) is 0 Å². The minimum absolute atomic E-state index is 0.142. The predicted octanol–water partition coefficient (Wildman–Crippen LogP) is 5.73. The van der Waals surface area contributed by atoms with Gasteiger partial charge in [0.1, 0.15) is 0 Å². The summed E-state index contributed by atoms with van der Waals surface area (Å²) in [6.45, 7) is 6.80. The number of rotatable bonds is 11. The average Bonchev–Trinajstić information content (AvgIpc) is 2.34. The molecule has 0 atom stereocenters. The first kappa shape index (κ1) is 17.3. The summed E-state index contributed by atoms with van der Waals surface area (Å²) in [7, 11) is 0. The molecule has 0 spiro atoms. The first-order chi connectivity index (χ1) is 8.35. The molecule has 17 heavy (non-hydrogen) atoms. The Morgan fingerprint density at radius 1 is 0.941 bits per heavy atom. The van der Waals surface area contributed by atoms with Crippen molar-refractivity contribution in [2.45, 2.75) is 76.6 Å². The van der Waals surface area contributed by atoms with Crippen molar-refractivity contribution in [3.05, 3.63) is 21.8 Å². The first-order valence-corrected chi connectivity index (χ1v) is 10.1. The van der Waals surface area contributed by atoms with Crippen LogP contribution in [0.4, 0.5) is 0 Å². The quantitative estimate of drug-likeness (QED) is 0.254. The summed E-state index contributed by atoms with van der Waals surface area (Å²) in [6, 6.07) is 0. The fourth-order valence-electron chi connectivity index (χ4n) is 1.59. The molecule has 0 saturated heterocycles. The van der Waals surface area contributed by atoms with Crippen LogP contribution in [0, 0.1) is 0 Å². The van der Waals surface area contributed by atoms with Gasteiger partial charge in [-0.3, -0.25) is 0 Å². The second kappa shape index (κ2) is 14.3. The molecule has 0 aromatic heterocycles. The Balaban J connectivity index is 3.92. The van der Waals surface area contributed by atoms with Gasteiger partial charge in [0.15, 0.2) is 0 Å². The second-order valence-corrected chi connectivity index (χ2v) is 7.97. The zero-order chi connectivity index (χ0) is 12.8. The molecule has 0 heterocycles. The third-order valence-electron chi connectivity index (χ3n) is 2.72. The molecule has 0 nitrogen and oxygen atoms in total. The summed E-state index contributed by atoms with van der Waals surface area (Å²) in [5.41, 5.74) is 0. The van der Waals surface area contributed by atoms with Gasteiger partial charge in [-0.15, -0.1) is 0 Å². The standard InChI is InChI=1S/C16H30Te/c1-4-7-10-12-14-16(13-11-8-5-2)17-15-9-6-3/h8,11,13H,4-7,9-10,12,14-15H2,1-3H3/b11-8+,16-13+. The van der Waals surface area contributed by atoms with E-state index < -0.39 is 0 Å². The maximum absolute atomic E-state index is 2.42. The molecule has 0 rings (SSSR count). The molecule has 0 saturated carbocycles. The molecule has 0 amide bonds. The number of hydrogen-bond donors (Lipinski definition) is 0. The van der Waals surface area contributed by atoms with E-state index >= 15 is 0 Å². The third-order valence-corrected chi connectivity index (χ3v) is 6.15. The molecule has 0 aliphatic heterocycles. The monoisotopic (exact) mass is 352 g/mol. The van der Waals surface area contributed by atoms with Crippen LogP contribution in [0.25, 0.3) is 0 Å². The Morgan fingerprint density at radius 3 is 2.35 bits per heavy atom. The first-order valence-electron chi connectivity index (χ1n) is 7.33. The van der Waals surface area contributed by atoms with Gasteiger partial charge in [-0.2, -0.15) is 0 Å². The molecule has 0 aliphatic rings. The van der Waals surface area contributed by atoms with Gasteiger partial charge in [-0.25, -0.2) is 0 Å². The fourth-order valence-corrected chi connectivity index (χ4v) is 4.90. The zero-order valence-electron chi connectivity index (χ0n) is 12.0. The van der Waals surface area contributed by atoms with Gasteiger partial charge in [0.2, 0.25) is 0 Å². The molecule has 0 aliphatic carbocycles. The van der Waals surface area contributed by atoms with E-state index in [0.717, 1.165) is 6.42 Å². The van der Waals surface area contributed by atoms with Crippen LogP contribution in [0.1, 0.15) is 72.1 Å². The van der Waals surface area contributed by atoms with Gasteiger partial charge in [0.25, 0.3) is 0 Å². The van der Waals surface area contributed by atoms with Crippen molar-refractivity contribution in [1.29, 1.82) is 0 Å². The van der Waals surface area contributed by atoms with Crippen molar-refractivity contribution in [1.82, 2.24) is 0 Å². The Hall–Kier alpha value is 0.270. The molecule has 0 radical (unpaired) electrons. The van der Waals surface area contributed by atoms with E-state index in [1.54, 1.807) is 3.62 Å². The van der Waals surface area contributed by atoms with Crippen LogP contribution in [0.3, 0.4) is 0 Å². The van der Waals surface area contributed by atoms with E-state index in [2.05, 4.69) is 39.0 Å². The second-order valence-electron chi connectivity index (χ2n) is 4.48. The summed E-state index contributed by atoms with van der Waals surface area (Å²) in [6.07, 6.45) is 17.9. The molecule has 0 aromatic carbocycles. The summed E-state index contributed by atoms with van der Waals surface area (Å²) in [4.78, 5) is 0. The van der Waals surface area contributed by atoms with Crippen LogP contribution in [0.2, 0.25) is 4.47 Å². The van der Waals surface area contributed by atoms with Crippen molar-refractivity contribution >= 4 is 20.9 Å². The maximum atomic E-state index is 2.42. The Bertz CT molecular complexity index is 204. The molecule has 100 valence electrons. The molecule has 0 aromatic rings. The van der Waals surface area contributed by atoms with E-state index in [1.165, 1.54) is 49.4 Å². The van der Waals surface area contributed by atoms with E-state index in [9.17, 15) is 0 Å². The summed E-state index contributed by atoms with van der Waals surface area (Å²) < 4.78 is 3.30. The summed E-state index contributed by atoms with van der Waals surface area (Å²) in [5, 5.41) is 0. The fraction of sp³-hybridized carbons (Fsp3) is 0.750. The van der Waals surface area contributed by atoms with Crippen molar-refractivity contribution < 1.29 is 0 Å². The number of allylic oxidation sites excluding steroid dienone is 4. The Labute approximate surface area is 119 Å². The van der Waals surface area contributed by atoms with Gasteiger partial charge < -0.3 is 0 Å². The third kappa shape index (κ3) is 12.5. The topological polar surface area (TPSA) is 0 Å². The summed E-state index contributed by atoms with van der Waals surface area (Å²) >= 11 is 0.142. The van der Waals surface area contributed by atoms with Gasteiger partial charge in [0, 0.05) is 0 Å². The normalized spacial score (nSPS) is 12.5. The van der Waals surface area contributed by atoms with Gasteiger partial charge >= 0.3 is 119 Å². The van der Waals surface area contributed by atoms with Crippen LogP contribution in [0.15, 0.2) is 21.8 Å². The van der Waals surface area contributed by atoms with Crippen molar-refractivity contribution in [3.63, 3.8) is 0 Å². The van der Waals surface area contributed by atoms with Gasteiger partial charge in [0.05, 0.1) is 0 Å². The molecule has 0 bridgehead atoms. The van der Waals surface area contributed by atoms with E-state index in [1.807, 2.05) is 0 Å². The van der Waals surface area contributed by atoms with Crippen LogP contribution < -0.4 is 0 Å². The number of unbranched alkanes of at least 4 members (excludes halogenated alkanes) is 4. The van der Waals surface area contributed by atoms with E-state index in [0.29, 0.717) is 0 Å². The molecule has 0 fully saturated rings. The molecule has 0 unspecified atom stereocenters. The Kier molecular flexibility index (Phi) is 14.6. The minimum atomic E-state index is 0.142. The Morgan fingerprint density at radius 2 is 1.71 bits per heavy atom. The molecule has 0 N–H and O–H groups in total. The van der Waals surface area contributed by atoms with Crippen molar-refractivity contribution in [3.8, 4) is 0 Å². The molecular formula is C16H30Te. The summed E-state index contributed by atoms with van der Waals surface area (Å²) in [5.74, 6) is 0. The van der Waals surface area contributed by atoms with E-state index in [-0.39, 0.29) is 20.9 Å². The van der Waals surface area contributed by atoms with Crippen LogP contribution in [-0.4, -0.2) is 20.9 Å². The predicted molar refractivity (Wildman–Crippen MR) is 81.7 cm³/mol. The zero-order valence-corrected chi connectivity index (χ0v) is 14.3. The SMILES string of the molecule is CC/C=C/C=C(\CCCCCC)[Te]CCCC. The molecule has 1 heteroatoms. The number of hydrogen-bond acceptors (Lipinski definition) is 0. The van der Waals surface area contributed by atoms with Crippen molar-refractivity contribution in [2.24, 2.45) is 0 Å². The van der Waals surface area contributed by atoms with Crippen molar-refractivity contribution in [2.75, 3.05) is 0 Å².